The fraction of sp³-hybridized carbons (Fsp3) is 0.350. The number of methoxy groups -OCH3 is 1. The molecule has 3 rings (SSSR count). The minimum absolute atomic E-state index is 0.0669. The predicted octanol–water partition coefficient (Wildman–Crippen LogP) is 3.25. The highest BCUT2D eigenvalue weighted by Gasteiger charge is 2.44. The third-order valence-corrected chi connectivity index (χ3v) is 5.45. The van der Waals surface area contributed by atoms with Gasteiger partial charge in [-0.1, -0.05) is 42.1 Å². The van der Waals surface area contributed by atoms with E-state index < -0.39 is 12.0 Å². The molecule has 0 unspecified atom stereocenters. The molecule has 27 heavy (non-hydrogen) atoms. The Morgan fingerprint density at radius 3 is 2.81 bits per heavy atom. The van der Waals surface area contributed by atoms with Crippen LogP contribution in [0.2, 0.25) is 0 Å². The molecule has 1 aromatic rings. The first-order valence-corrected chi connectivity index (χ1v) is 9.63. The Balaban J connectivity index is 2.04. The molecule has 7 heteroatoms. The summed E-state index contributed by atoms with van der Waals surface area (Å²) in [5.74, 6) is 0.194. The van der Waals surface area contributed by atoms with E-state index in [1.54, 1.807) is 25.9 Å². The van der Waals surface area contributed by atoms with Gasteiger partial charge in [-0.25, -0.2) is 9.79 Å². The maximum absolute atomic E-state index is 12.7. The van der Waals surface area contributed by atoms with E-state index in [1.165, 1.54) is 11.8 Å². The van der Waals surface area contributed by atoms with Gasteiger partial charge in [-0.3, -0.25) is 9.69 Å². The lowest BCUT2D eigenvalue weighted by Crippen LogP contribution is -2.45. The van der Waals surface area contributed by atoms with Crippen molar-refractivity contribution >= 4 is 34.9 Å². The highest BCUT2D eigenvalue weighted by Crippen LogP contribution is 2.37. The monoisotopic (exact) mass is 386 g/mol. The zero-order valence-electron chi connectivity index (χ0n) is 15.8. The summed E-state index contributed by atoms with van der Waals surface area (Å²) in [6.07, 6.45) is 3.69. The van der Waals surface area contributed by atoms with Gasteiger partial charge in [-0.2, -0.15) is 0 Å². The summed E-state index contributed by atoms with van der Waals surface area (Å²) in [5, 5.41) is 0.382. The molecule has 0 aliphatic carbocycles. The van der Waals surface area contributed by atoms with Crippen molar-refractivity contribution in [2.45, 2.75) is 32.1 Å². The van der Waals surface area contributed by atoms with Gasteiger partial charge in [-0.15, -0.1) is 0 Å². The number of allylic oxidation sites excluding steroid dienone is 1. The van der Waals surface area contributed by atoms with E-state index in [9.17, 15) is 9.59 Å². The SMILES string of the molecule is CCOC(=O)C1=C(C)N=C2S[C@H](C)C(=O)N2[C@H]1/C=C/c1ccccc1OC. The van der Waals surface area contributed by atoms with Gasteiger partial charge in [0.05, 0.1) is 36.3 Å². The fourth-order valence-corrected chi connectivity index (χ4v) is 4.13. The van der Waals surface area contributed by atoms with Gasteiger partial charge >= 0.3 is 5.97 Å². The van der Waals surface area contributed by atoms with Crippen molar-refractivity contribution in [2.75, 3.05) is 13.7 Å². The lowest BCUT2D eigenvalue weighted by Gasteiger charge is -2.30. The number of esters is 1. The van der Waals surface area contributed by atoms with E-state index in [0.29, 0.717) is 22.2 Å². The van der Waals surface area contributed by atoms with Crippen molar-refractivity contribution in [3.8, 4) is 5.75 Å². The predicted molar refractivity (Wildman–Crippen MR) is 106 cm³/mol. The highest BCUT2D eigenvalue weighted by molar-refractivity contribution is 8.15. The molecule has 0 radical (unpaired) electrons. The number of rotatable bonds is 5. The zero-order chi connectivity index (χ0) is 19.6. The van der Waals surface area contributed by atoms with Gasteiger partial charge < -0.3 is 9.47 Å². The Hall–Kier alpha value is -2.54. The number of benzene rings is 1. The van der Waals surface area contributed by atoms with Gasteiger partial charge in [0.15, 0.2) is 5.17 Å². The van der Waals surface area contributed by atoms with Crippen LogP contribution in [-0.2, 0) is 14.3 Å². The Labute approximate surface area is 162 Å². The normalized spacial score (nSPS) is 22.1. The fourth-order valence-electron chi connectivity index (χ4n) is 3.10. The first kappa shape index (κ1) is 19.2. The molecule has 6 nitrogen and oxygen atoms in total. The van der Waals surface area contributed by atoms with Crippen LogP contribution in [0.15, 0.2) is 46.6 Å². The largest absolute Gasteiger partial charge is 0.496 e. The number of hydrogen-bond acceptors (Lipinski definition) is 6. The van der Waals surface area contributed by atoms with Gasteiger partial charge in [0.1, 0.15) is 5.75 Å². The quantitative estimate of drug-likeness (QED) is 0.727. The number of fused-ring (bicyclic) bond motifs is 1. The third kappa shape index (κ3) is 3.64. The van der Waals surface area contributed by atoms with Crippen LogP contribution in [0, 0.1) is 0 Å². The molecule has 2 aliphatic heterocycles. The molecule has 2 atom stereocenters. The number of carbonyl (C=O) groups excluding carboxylic acids is 2. The molecule has 0 N–H and O–H groups in total. The number of thioether (sulfide) groups is 1. The second kappa shape index (κ2) is 8.00. The second-order valence-corrected chi connectivity index (χ2v) is 7.44. The molecule has 142 valence electrons. The van der Waals surface area contributed by atoms with Gasteiger partial charge in [0.2, 0.25) is 5.91 Å². The minimum atomic E-state index is -0.564. The van der Waals surface area contributed by atoms with Crippen LogP contribution in [0.3, 0.4) is 0 Å². The number of aliphatic imine (C=N–C) groups is 1. The maximum Gasteiger partial charge on any atom is 0.338 e. The summed E-state index contributed by atoms with van der Waals surface area (Å²) in [6, 6.07) is 7.00. The molecular weight excluding hydrogens is 364 g/mol. The molecule has 0 saturated carbocycles. The van der Waals surface area contributed by atoms with Crippen molar-refractivity contribution in [1.29, 1.82) is 0 Å². The lowest BCUT2D eigenvalue weighted by atomic mass is 10.00. The average molecular weight is 386 g/mol. The molecular formula is C20H22N2O4S. The van der Waals surface area contributed by atoms with Crippen LogP contribution in [0.25, 0.3) is 6.08 Å². The number of carbonyl (C=O) groups is 2. The van der Waals surface area contributed by atoms with E-state index in [1.807, 2.05) is 43.3 Å². The number of para-hydroxylation sites is 1. The summed E-state index contributed by atoms with van der Waals surface area (Å²) >= 11 is 1.40. The Bertz CT molecular complexity index is 859. The lowest BCUT2D eigenvalue weighted by molar-refractivity contribution is -0.139. The van der Waals surface area contributed by atoms with Crippen molar-refractivity contribution in [2.24, 2.45) is 4.99 Å². The van der Waals surface area contributed by atoms with Gasteiger partial charge in [0, 0.05) is 5.56 Å². The first-order valence-electron chi connectivity index (χ1n) is 8.75. The molecule has 2 heterocycles. The summed E-state index contributed by atoms with van der Waals surface area (Å²) in [5.41, 5.74) is 1.82. The molecule has 1 aromatic carbocycles. The standard InChI is InChI=1S/C20H22N2O4S/c1-5-26-19(24)17-12(2)21-20-22(18(23)13(3)27-20)15(17)11-10-14-8-6-7-9-16(14)25-4/h6-11,13,15H,5H2,1-4H3/b11-10+/t13-,15+/m1/s1. The number of amides is 1. The zero-order valence-corrected chi connectivity index (χ0v) is 16.6. The summed E-state index contributed by atoms with van der Waals surface area (Å²) in [4.78, 5) is 31.3. The smallest absolute Gasteiger partial charge is 0.338 e. The van der Waals surface area contributed by atoms with Crippen LogP contribution >= 0.6 is 11.8 Å². The van der Waals surface area contributed by atoms with E-state index in [-0.39, 0.29) is 17.8 Å². The van der Waals surface area contributed by atoms with E-state index in [2.05, 4.69) is 4.99 Å². The minimum Gasteiger partial charge on any atom is -0.496 e. The van der Waals surface area contributed by atoms with Crippen molar-refractivity contribution in [3.63, 3.8) is 0 Å². The molecule has 0 aromatic heterocycles. The number of amidine groups is 1. The number of ether oxygens (including phenoxy) is 2. The van der Waals surface area contributed by atoms with Crippen molar-refractivity contribution in [3.05, 3.63) is 47.2 Å². The van der Waals surface area contributed by atoms with Crippen LogP contribution in [0.1, 0.15) is 26.3 Å². The van der Waals surface area contributed by atoms with E-state index in [4.69, 9.17) is 9.47 Å². The Morgan fingerprint density at radius 2 is 2.11 bits per heavy atom. The summed E-state index contributed by atoms with van der Waals surface area (Å²) < 4.78 is 10.6. The van der Waals surface area contributed by atoms with Gasteiger partial charge in [-0.05, 0) is 26.8 Å². The third-order valence-electron chi connectivity index (χ3n) is 4.39. The second-order valence-electron chi connectivity index (χ2n) is 6.13. The van der Waals surface area contributed by atoms with E-state index >= 15 is 0 Å². The van der Waals surface area contributed by atoms with Crippen molar-refractivity contribution < 1.29 is 19.1 Å². The Morgan fingerprint density at radius 1 is 1.37 bits per heavy atom. The average Bonchev–Trinajstić information content (AvgIpc) is 2.93. The topological polar surface area (TPSA) is 68.2 Å². The molecule has 2 aliphatic rings. The van der Waals surface area contributed by atoms with Gasteiger partial charge in [0.25, 0.3) is 0 Å². The van der Waals surface area contributed by atoms with E-state index in [0.717, 1.165) is 5.56 Å². The number of nitrogens with zero attached hydrogens (tertiary/aromatic N) is 2. The summed E-state index contributed by atoms with van der Waals surface area (Å²) in [6.45, 7) is 5.63. The Kier molecular flexibility index (Phi) is 5.70. The highest BCUT2D eigenvalue weighted by atomic mass is 32.2. The molecule has 1 fully saturated rings. The number of hydrogen-bond donors (Lipinski definition) is 0. The molecule has 1 saturated heterocycles. The van der Waals surface area contributed by atoms with Crippen molar-refractivity contribution in [1.82, 2.24) is 4.90 Å². The summed E-state index contributed by atoms with van der Waals surface area (Å²) in [7, 11) is 1.61. The molecule has 1 amide bonds. The van der Waals surface area contributed by atoms with Crippen LogP contribution in [0.5, 0.6) is 5.75 Å². The maximum atomic E-state index is 12.7. The van der Waals surface area contributed by atoms with Crippen LogP contribution in [-0.4, -0.2) is 47.0 Å². The molecule has 0 spiro atoms. The van der Waals surface area contributed by atoms with Crippen LogP contribution < -0.4 is 4.74 Å². The molecule has 0 bridgehead atoms. The van der Waals surface area contributed by atoms with Crippen LogP contribution in [0.4, 0.5) is 0 Å². The first-order chi connectivity index (χ1) is 13.0.